The first-order valence-corrected chi connectivity index (χ1v) is 9.50. The van der Waals surface area contributed by atoms with E-state index >= 15 is 0 Å². The van der Waals surface area contributed by atoms with Crippen LogP contribution in [0.15, 0.2) is 54.6 Å². The van der Waals surface area contributed by atoms with Crippen LogP contribution in [0.3, 0.4) is 0 Å². The van der Waals surface area contributed by atoms with Crippen molar-refractivity contribution in [2.75, 3.05) is 11.1 Å². The van der Waals surface area contributed by atoms with Gasteiger partial charge in [0, 0.05) is 11.3 Å². The molecule has 0 saturated carbocycles. The van der Waals surface area contributed by atoms with Gasteiger partial charge in [0.05, 0.1) is 5.75 Å². The maximum absolute atomic E-state index is 12.0. The van der Waals surface area contributed by atoms with Crippen LogP contribution in [0.4, 0.5) is 5.13 Å². The molecule has 24 heavy (non-hydrogen) atoms. The minimum Gasteiger partial charge on any atom is -0.300 e. The molecule has 1 heterocycles. The van der Waals surface area contributed by atoms with Crippen molar-refractivity contribution in [2.45, 2.75) is 12.7 Å². The smallest absolute Gasteiger partial charge is 0.236 e. The van der Waals surface area contributed by atoms with Crippen LogP contribution in [0.1, 0.15) is 11.1 Å². The highest BCUT2D eigenvalue weighted by atomic mass is 32.2. The fraction of sp³-hybridized carbons (Fsp3) is 0.167. The summed E-state index contributed by atoms with van der Waals surface area (Å²) in [5.41, 5.74) is 3.47. The second kappa shape index (κ2) is 8.08. The van der Waals surface area contributed by atoms with Crippen LogP contribution >= 0.6 is 23.1 Å². The van der Waals surface area contributed by atoms with E-state index in [4.69, 9.17) is 0 Å². The predicted molar refractivity (Wildman–Crippen MR) is 101 cm³/mol. The molecule has 1 aromatic heterocycles. The van der Waals surface area contributed by atoms with Gasteiger partial charge in [0.1, 0.15) is 5.01 Å². The second-order valence-corrected chi connectivity index (χ2v) is 7.27. The number of thioether (sulfide) groups is 1. The van der Waals surface area contributed by atoms with Crippen molar-refractivity contribution in [3.05, 3.63) is 65.7 Å². The number of amides is 1. The Bertz CT molecular complexity index is 801. The van der Waals surface area contributed by atoms with Gasteiger partial charge in [0.25, 0.3) is 0 Å². The van der Waals surface area contributed by atoms with Crippen molar-refractivity contribution in [3.63, 3.8) is 0 Å². The van der Waals surface area contributed by atoms with Crippen LogP contribution in [0, 0.1) is 6.92 Å². The molecular formula is C18H17N3OS2. The lowest BCUT2D eigenvalue weighted by atomic mass is 10.2. The lowest BCUT2D eigenvalue weighted by Crippen LogP contribution is -2.13. The third-order valence-corrected chi connectivity index (χ3v) is 5.21. The van der Waals surface area contributed by atoms with Gasteiger partial charge in [-0.3, -0.25) is 10.1 Å². The molecule has 0 atom stereocenters. The molecule has 2 aromatic carbocycles. The van der Waals surface area contributed by atoms with E-state index in [-0.39, 0.29) is 5.91 Å². The fourth-order valence-corrected chi connectivity index (χ4v) is 3.63. The first-order chi connectivity index (χ1) is 11.7. The maximum atomic E-state index is 12.0. The predicted octanol–water partition coefficient (Wildman–Crippen LogP) is 4.39. The average molecular weight is 355 g/mol. The van der Waals surface area contributed by atoms with E-state index in [1.165, 1.54) is 22.5 Å². The molecule has 0 spiro atoms. The number of hydrogen-bond donors (Lipinski definition) is 1. The molecule has 0 aliphatic carbocycles. The Morgan fingerprint density at radius 1 is 1.08 bits per heavy atom. The Labute approximate surface area is 149 Å². The molecule has 0 aliphatic rings. The Balaban J connectivity index is 1.48. The van der Waals surface area contributed by atoms with E-state index in [1.807, 2.05) is 30.3 Å². The molecule has 0 saturated heterocycles. The molecule has 4 nitrogen and oxygen atoms in total. The minimum absolute atomic E-state index is 0.0529. The molecular weight excluding hydrogens is 338 g/mol. The molecule has 6 heteroatoms. The van der Waals surface area contributed by atoms with E-state index in [0.29, 0.717) is 10.9 Å². The standard InChI is InChI=1S/C18H17N3OS2/c1-13-7-9-14(10-8-13)11-23-12-16(22)19-18-21-20-17(24-18)15-5-3-2-4-6-15/h2-10H,11-12H2,1H3,(H,19,21,22). The number of anilines is 1. The molecule has 0 bridgehead atoms. The Morgan fingerprint density at radius 3 is 2.58 bits per heavy atom. The number of aromatic nitrogens is 2. The van der Waals surface area contributed by atoms with E-state index in [1.54, 1.807) is 11.8 Å². The monoisotopic (exact) mass is 355 g/mol. The van der Waals surface area contributed by atoms with Crippen LogP contribution in [0.2, 0.25) is 0 Å². The molecule has 122 valence electrons. The summed E-state index contributed by atoms with van der Waals surface area (Å²) < 4.78 is 0. The fourth-order valence-electron chi connectivity index (χ4n) is 2.07. The summed E-state index contributed by atoms with van der Waals surface area (Å²) >= 11 is 2.97. The number of carbonyl (C=O) groups excluding carboxylic acids is 1. The quantitative estimate of drug-likeness (QED) is 0.713. The number of rotatable bonds is 6. The number of nitrogens with zero attached hydrogens (tertiary/aromatic N) is 2. The third kappa shape index (κ3) is 4.66. The third-order valence-electron chi connectivity index (χ3n) is 3.31. The highest BCUT2D eigenvalue weighted by Crippen LogP contribution is 2.26. The summed E-state index contributed by atoms with van der Waals surface area (Å²) in [6.07, 6.45) is 0. The van der Waals surface area contributed by atoms with Crippen molar-refractivity contribution < 1.29 is 4.79 Å². The topological polar surface area (TPSA) is 54.9 Å². The number of hydrogen-bond acceptors (Lipinski definition) is 5. The highest BCUT2D eigenvalue weighted by molar-refractivity contribution is 7.99. The normalized spacial score (nSPS) is 10.5. The summed E-state index contributed by atoms with van der Waals surface area (Å²) in [4.78, 5) is 12.0. The minimum atomic E-state index is -0.0529. The number of carbonyl (C=O) groups is 1. The summed E-state index contributed by atoms with van der Waals surface area (Å²) in [5, 5.41) is 12.3. The SMILES string of the molecule is Cc1ccc(CSCC(=O)Nc2nnc(-c3ccccc3)s2)cc1. The van der Waals surface area contributed by atoms with E-state index in [0.717, 1.165) is 16.3 Å². The molecule has 0 fully saturated rings. The maximum Gasteiger partial charge on any atom is 0.236 e. The molecule has 1 N–H and O–H groups in total. The van der Waals surface area contributed by atoms with Crippen molar-refractivity contribution in [1.82, 2.24) is 10.2 Å². The van der Waals surface area contributed by atoms with Gasteiger partial charge in [-0.25, -0.2) is 0 Å². The van der Waals surface area contributed by atoms with Gasteiger partial charge >= 0.3 is 0 Å². The molecule has 3 aromatic rings. The van der Waals surface area contributed by atoms with Gasteiger partial charge in [-0.15, -0.1) is 22.0 Å². The second-order valence-electron chi connectivity index (χ2n) is 5.30. The van der Waals surface area contributed by atoms with Crippen molar-refractivity contribution in [1.29, 1.82) is 0 Å². The van der Waals surface area contributed by atoms with Crippen LogP contribution in [0.5, 0.6) is 0 Å². The Kier molecular flexibility index (Phi) is 5.61. The van der Waals surface area contributed by atoms with Crippen LogP contribution in [-0.4, -0.2) is 21.9 Å². The summed E-state index contributed by atoms with van der Waals surface area (Å²) in [6.45, 7) is 2.07. The van der Waals surface area contributed by atoms with Crippen LogP contribution < -0.4 is 5.32 Å². The van der Waals surface area contributed by atoms with Crippen molar-refractivity contribution in [3.8, 4) is 10.6 Å². The summed E-state index contributed by atoms with van der Waals surface area (Å²) in [7, 11) is 0. The zero-order valence-electron chi connectivity index (χ0n) is 13.2. The highest BCUT2D eigenvalue weighted by Gasteiger charge is 2.09. The van der Waals surface area contributed by atoms with Gasteiger partial charge in [-0.2, -0.15) is 0 Å². The van der Waals surface area contributed by atoms with Gasteiger partial charge in [0.2, 0.25) is 11.0 Å². The molecule has 3 rings (SSSR count). The van der Waals surface area contributed by atoms with Gasteiger partial charge < -0.3 is 0 Å². The van der Waals surface area contributed by atoms with Gasteiger partial charge in [-0.05, 0) is 12.5 Å². The van der Waals surface area contributed by atoms with Crippen LogP contribution in [0.25, 0.3) is 10.6 Å². The molecule has 1 amide bonds. The first kappa shape index (κ1) is 16.7. The molecule has 0 unspecified atom stereocenters. The van der Waals surface area contributed by atoms with Crippen molar-refractivity contribution >= 4 is 34.1 Å². The lowest BCUT2D eigenvalue weighted by molar-refractivity contribution is -0.113. The Morgan fingerprint density at radius 2 is 1.83 bits per heavy atom. The number of benzene rings is 2. The molecule has 0 radical (unpaired) electrons. The van der Waals surface area contributed by atoms with Crippen molar-refractivity contribution in [2.24, 2.45) is 0 Å². The van der Waals surface area contributed by atoms with Crippen LogP contribution in [-0.2, 0) is 10.5 Å². The summed E-state index contributed by atoms with van der Waals surface area (Å²) in [5.74, 6) is 1.16. The van der Waals surface area contributed by atoms with E-state index in [2.05, 4.69) is 46.7 Å². The van der Waals surface area contributed by atoms with Gasteiger partial charge in [0.15, 0.2) is 0 Å². The number of nitrogens with one attached hydrogen (secondary N) is 1. The zero-order valence-corrected chi connectivity index (χ0v) is 14.9. The Hall–Kier alpha value is -2.18. The average Bonchev–Trinajstić information content (AvgIpc) is 3.06. The zero-order chi connectivity index (χ0) is 16.8. The van der Waals surface area contributed by atoms with Gasteiger partial charge in [-0.1, -0.05) is 71.5 Å². The van der Waals surface area contributed by atoms with E-state index < -0.39 is 0 Å². The number of aryl methyl sites for hydroxylation is 1. The summed E-state index contributed by atoms with van der Waals surface area (Å²) in [6, 6.07) is 18.2. The largest absolute Gasteiger partial charge is 0.300 e. The van der Waals surface area contributed by atoms with E-state index in [9.17, 15) is 4.79 Å². The molecule has 0 aliphatic heterocycles. The lowest BCUT2D eigenvalue weighted by Gasteiger charge is -2.02. The first-order valence-electron chi connectivity index (χ1n) is 7.53.